The number of carbonyl (C=O) groups excluding carboxylic acids is 1. The zero-order valence-corrected chi connectivity index (χ0v) is 16.5. The second kappa shape index (κ2) is 8.62. The second-order valence-corrected chi connectivity index (χ2v) is 8.34. The minimum Gasteiger partial charge on any atom is -0.480 e. The van der Waals surface area contributed by atoms with Crippen molar-refractivity contribution >= 4 is 22.2 Å². The molecule has 0 aliphatic carbocycles. The smallest absolute Gasteiger partial charge is 0.410 e. The number of nitrogens with zero attached hydrogens (tertiary/aromatic N) is 1. The van der Waals surface area contributed by atoms with Crippen LogP contribution in [0.4, 0.5) is 4.79 Å². The molecule has 8 nitrogen and oxygen atoms in total. The molecule has 1 amide bonds. The summed E-state index contributed by atoms with van der Waals surface area (Å²) >= 11 is 0. The highest BCUT2D eigenvalue weighted by Gasteiger charge is 2.43. The van der Waals surface area contributed by atoms with E-state index in [1.165, 1.54) is 12.1 Å². The molecule has 154 valence electrons. The van der Waals surface area contributed by atoms with Crippen molar-refractivity contribution < 1.29 is 32.0 Å². The predicted molar refractivity (Wildman–Crippen MR) is 103 cm³/mol. The highest BCUT2D eigenvalue weighted by molar-refractivity contribution is 7.86. The first-order valence-corrected chi connectivity index (χ1v) is 10.4. The monoisotopic (exact) mass is 419 g/mol. The maximum atomic E-state index is 12.5. The molecule has 1 fully saturated rings. The van der Waals surface area contributed by atoms with Gasteiger partial charge >= 0.3 is 12.1 Å². The van der Waals surface area contributed by atoms with Gasteiger partial charge < -0.3 is 9.84 Å². The molecule has 1 aliphatic rings. The first-order chi connectivity index (χ1) is 13.8. The fourth-order valence-corrected chi connectivity index (χ4v) is 4.12. The van der Waals surface area contributed by atoms with Gasteiger partial charge in [-0.3, -0.25) is 9.08 Å². The van der Waals surface area contributed by atoms with Crippen molar-refractivity contribution in [3.63, 3.8) is 0 Å². The van der Waals surface area contributed by atoms with Gasteiger partial charge in [0.25, 0.3) is 10.1 Å². The Balaban J connectivity index is 1.67. The number of carboxylic acid groups (broad SMARTS) is 1. The Bertz CT molecular complexity index is 974. The SMILES string of the molecule is Cc1ccc(S(=O)(=O)O[C@H]2C[C@@H](C(=O)O)N(C(=O)OCc3ccccc3)C2)cc1. The number of carboxylic acids is 1. The highest BCUT2D eigenvalue weighted by atomic mass is 32.2. The molecule has 1 N–H and O–H groups in total. The number of likely N-dealkylation sites (tertiary alicyclic amines) is 1. The maximum absolute atomic E-state index is 12.5. The molecule has 1 heterocycles. The Morgan fingerprint density at radius 3 is 2.38 bits per heavy atom. The van der Waals surface area contributed by atoms with Gasteiger partial charge in [0.05, 0.1) is 17.5 Å². The van der Waals surface area contributed by atoms with Crippen LogP contribution in [-0.2, 0) is 30.4 Å². The Morgan fingerprint density at radius 2 is 1.76 bits per heavy atom. The lowest BCUT2D eigenvalue weighted by atomic mass is 10.2. The Morgan fingerprint density at radius 1 is 1.10 bits per heavy atom. The molecule has 0 spiro atoms. The van der Waals surface area contributed by atoms with Gasteiger partial charge in [-0.05, 0) is 24.6 Å². The summed E-state index contributed by atoms with van der Waals surface area (Å²) < 4.78 is 35.3. The minimum atomic E-state index is -4.09. The number of rotatable bonds is 6. The van der Waals surface area contributed by atoms with Gasteiger partial charge in [0, 0.05) is 6.42 Å². The number of aliphatic carboxylic acids is 1. The summed E-state index contributed by atoms with van der Waals surface area (Å²) in [4.78, 5) is 24.9. The number of amides is 1. The molecule has 2 aromatic rings. The van der Waals surface area contributed by atoms with E-state index >= 15 is 0 Å². The lowest BCUT2D eigenvalue weighted by Gasteiger charge is -2.20. The summed E-state index contributed by atoms with van der Waals surface area (Å²) in [6.07, 6.45) is -1.97. The van der Waals surface area contributed by atoms with E-state index < -0.39 is 34.3 Å². The van der Waals surface area contributed by atoms with Gasteiger partial charge in [-0.15, -0.1) is 0 Å². The zero-order valence-electron chi connectivity index (χ0n) is 15.7. The molecular weight excluding hydrogens is 398 g/mol. The lowest BCUT2D eigenvalue weighted by Crippen LogP contribution is -2.40. The van der Waals surface area contributed by atoms with Crippen LogP contribution >= 0.6 is 0 Å². The topological polar surface area (TPSA) is 110 Å². The van der Waals surface area contributed by atoms with Gasteiger partial charge in [0.15, 0.2) is 0 Å². The van der Waals surface area contributed by atoms with Crippen molar-refractivity contribution in [2.24, 2.45) is 0 Å². The van der Waals surface area contributed by atoms with Crippen molar-refractivity contribution in [2.45, 2.75) is 37.0 Å². The first-order valence-electron chi connectivity index (χ1n) is 8.96. The molecule has 3 rings (SSSR count). The van der Waals surface area contributed by atoms with Gasteiger partial charge in [0.2, 0.25) is 0 Å². The molecule has 0 saturated carbocycles. The molecule has 1 saturated heterocycles. The summed E-state index contributed by atoms with van der Waals surface area (Å²) in [7, 11) is -4.09. The van der Waals surface area contributed by atoms with Crippen LogP contribution in [0.5, 0.6) is 0 Å². The van der Waals surface area contributed by atoms with E-state index in [1.54, 1.807) is 36.4 Å². The van der Waals surface area contributed by atoms with E-state index in [0.717, 1.165) is 16.0 Å². The van der Waals surface area contributed by atoms with Crippen LogP contribution in [0.3, 0.4) is 0 Å². The summed E-state index contributed by atoms with van der Waals surface area (Å²) in [5.41, 5.74) is 1.64. The van der Waals surface area contributed by atoms with E-state index in [0.29, 0.717) is 0 Å². The van der Waals surface area contributed by atoms with Gasteiger partial charge in [-0.1, -0.05) is 48.0 Å². The quantitative estimate of drug-likeness (QED) is 0.717. The summed E-state index contributed by atoms with van der Waals surface area (Å²) in [6.45, 7) is 1.61. The molecule has 0 radical (unpaired) electrons. The van der Waals surface area contributed by atoms with E-state index in [9.17, 15) is 23.1 Å². The average molecular weight is 419 g/mol. The van der Waals surface area contributed by atoms with Crippen molar-refractivity contribution in [3.8, 4) is 0 Å². The fourth-order valence-electron chi connectivity index (χ4n) is 3.04. The normalized spacial score (nSPS) is 19.1. The van der Waals surface area contributed by atoms with E-state index in [2.05, 4.69) is 0 Å². The fraction of sp³-hybridized carbons (Fsp3) is 0.300. The highest BCUT2D eigenvalue weighted by Crippen LogP contribution is 2.26. The predicted octanol–water partition coefficient (Wildman–Crippen LogP) is 2.56. The molecular formula is C20H21NO7S. The summed E-state index contributed by atoms with van der Waals surface area (Å²) in [5.74, 6) is -1.25. The van der Waals surface area contributed by atoms with Crippen molar-refractivity contribution in [1.82, 2.24) is 4.90 Å². The van der Waals surface area contributed by atoms with Gasteiger partial charge in [-0.25, -0.2) is 9.59 Å². The van der Waals surface area contributed by atoms with Gasteiger partial charge in [-0.2, -0.15) is 8.42 Å². The third kappa shape index (κ3) is 5.12. The van der Waals surface area contributed by atoms with E-state index in [4.69, 9.17) is 8.92 Å². The Labute approximate surface area is 168 Å². The van der Waals surface area contributed by atoms with E-state index in [-0.39, 0.29) is 24.5 Å². The Hall–Kier alpha value is -2.91. The lowest BCUT2D eigenvalue weighted by molar-refractivity contribution is -0.141. The molecule has 9 heteroatoms. The standard InChI is InChI=1S/C20H21NO7S/c1-14-7-9-17(10-8-14)29(25,26)28-16-11-18(19(22)23)21(12-16)20(24)27-13-15-5-3-2-4-6-15/h2-10,16,18H,11-13H2,1H3,(H,22,23)/t16-,18-/m0/s1. The van der Waals surface area contributed by atoms with E-state index in [1.807, 2.05) is 13.0 Å². The van der Waals surface area contributed by atoms with Crippen LogP contribution < -0.4 is 0 Å². The molecule has 0 unspecified atom stereocenters. The van der Waals surface area contributed by atoms with Crippen LogP contribution in [-0.4, -0.2) is 49.2 Å². The van der Waals surface area contributed by atoms with Gasteiger partial charge in [0.1, 0.15) is 12.6 Å². The average Bonchev–Trinajstić information content (AvgIpc) is 3.11. The van der Waals surface area contributed by atoms with Crippen molar-refractivity contribution in [1.29, 1.82) is 0 Å². The number of aryl methyl sites for hydroxylation is 1. The van der Waals surface area contributed by atoms with Crippen molar-refractivity contribution in [3.05, 3.63) is 65.7 Å². The van der Waals surface area contributed by atoms with Crippen LogP contribution in [0.25, 0.3) is 0 Å². The molecule has 29 heavy (non-hydrogen) atoms. The number of carbonyl (C=O) groups is 2. The maximum Gasteiger partial charge on any atom is 0.410 e. The Kier molecular flexibility index (Phi) is 6.19. The van der Waals surface area contributed by atoms with Crippen LogP contribution in [0.2, 0.25) is 0 Å². The summed E-state index contributed by atoms with van der Waals surface area (Å²) in [5, 5.41) is 9.43. The van der Waals surface area contributed by atoms with Crippen LogP contribution in [0, 0.1) is 6.92 Å². The third-order valence-corrected chi connectivity index (χ3v) is 5.93. The number of ether oxygens (including phenoxy) is 1. The van der Waals surface area contributed by atoms with Crippen molar-refractivity contribution in [2.75, 3.05) is 6.54 Å². The number of benzene rings is 2. The molecule has 1 aliphatic heterocycles. The first kappa shape index (κ1) is 20.8. The molecule has 2 atom stereocenters. The zero-order chi connectivity index (χ0) is 21.0. The second-order valence-electron chi connectivity index (χ2n) is 6.77. The largest absolute Gasteiger partial charge is 0.480 e. The molecule has 0 aromatic heterocycles. The summed E-state index contributed by atoms with van der Waals surface area (Å²) in [6, 6.07) is 13.8. The minimum absolute atomic E-state index is 0.0182. The van der Waals surface area contributed by atoms with Crippen LogP contribution in [0.15, 0.2) is 59.5 Å². The number of hydrogen-bond acceptors (Lipinski definition) is 6. The molecule has 2 aromatic carbocycles. The third-order valence-electron chi connectivity index (χ3n) is 4.56. The van der Waals surface area contributed by atoms with Crippen LogP contribution in [0.1, 0.15) is 17.5 Å². The number of hydrogen-bond donors (Lipinski definition) is 1. The molecule has 0 bridgehead atoms.